The first-order valence-corrected chi connectivity index (χ1v) is 12.7. The van der Waals surface area contributed by atoms with Crippen molar-refractivity contribution in [2.24, 2.45) is 0 Å². The number of fused-ring (bicyclic) bond motifs is 1. The molecule has 0 saturated carbocycles. The standard InChI is InChI=1S/C21H22F2N4O4S2/c1-2-27-19-6-4-15(33(29,30)26-7-9-31-10-8-26)12-18(19)25-21(27)32-13-20(28)24-17-11-14(22)3-5-16(17)23/h3-6,11-12H,2,7-10,13H2,1H3,(H,24,28). The maximum Gasteiger partial charge on any atom is 0.243 e. The number of morpholine rings is 1. The number of amides is 1. The van der Waals surface area contributed by atoms with E-state index in [1.54, 1.807) is 12.1 Å². The van der Waals surface area contributed by atoms with Crippen LogP contribution in [0.1, 0.15) is 6.92 Å². The number of ether oxygens (including phenoxy) is 1. The maximum atomic E-state index is 13.8. The Morgan fingerprint density at radius 2 is 1.94 bits per heavy atom. The van der Waals surface area contributed by atoms with E-state index < -0.39 is 27.6 Å². The van der Waals surface area contributed by atoms with Crippen LogP contribution in [-0.4, -0.2) is 60.2 Å². The molecule has 1 amide bonds. The first-order valence-electron chi connectivity index (χ1n) is 10.3. The van der Waals surface area contributed by atoms with Crippen molar-refractivity contribution in [2.45, 2.75) is 23.5 Å². The Bertz CT molecular complexity index is 1290. The van der Waals surface area contributed by atoms with Gasteiger partial charge >= 0.3 is 0 Å². The van der Waals surface area contributed by atoms with Crippen molar-refractivity contribution < 1.29 is 26.7 Å². The number of halogens is 2. The van der Waals surface area contributed by atoms with Crippen molar-refractivity contribution in [2.75, 3.05) is 37.4 Å². The normalized spacial score (nSPS) is 15.1. The summed E-state index contributed by atoms with van der Waals surface area (Å²) in [5.74, 6) is -1.99. The van der Waals surface area contributed by atoms with Crippen LogP contribution in [0, 0.1) is 11.6 Å². The summed E-state index contributed by atoms with van der Waals surface area (Å²) in [7, 11) is -3.66. The predicted molar refractivity (Wildman–Crippen MR) is 121 cm³/mol. The molecule has 1 aliphatic rings. The molecule has 0 spiro atoms. The summed E-state index contributed by atoms with van der Waals surface area (Å²) < 4.78 is 61.5. The maximum absolute atomic E-state index is 13.8. The van der Waals surface area contributed by atoms with Crippen LogP contribution in [0.4, 0.5) is 14.5 Å². The molecule has 1 aromatic heterocycles. The molecule has 1 fully saturated rings. The first-order chi connectivity index (χ1) is 15.8. The molecule has 8 nitrogen and oxygen atoms in total. The molecule has 4 rings (SSSR count). The molecule has 3 aromatic rings. The van der Waals surface area contributed by atoms with Gasteiger partial charge in [-0.25, -0.2) is 22.2 Å². The Hall–Kier alpha value is -2.54. The van der Waals surface area contributed by atoms with Crippen LogP contribution in [0.5, 0.6) is 0 Å². The van der Waals surface area contributed by atoms with Gasteiger partial charge in [0, 0.05) is 25.7 Å². The smallest absolute Gasteiger partial charge is 0.243 e. The minimum Gasteiger partial charge on any atom is -0.379 e. The molecule has 2 aromatic carbocycles. The fraction of sp³-hybridized carbons (Fsp3) is 0.333. The van der Waals surface area contributed by atoms with Crippen LogP contribution < -0.4 is 5.32 Å². The van der Waals surface area contributed by atoms with Gasteiger partial charge in [0.15, 0.2) is 5.16 Å². The summed E-state index contributed by atoms with van der Waals surface area (Å²) in [4.78, 5) is 16.9. The summed E-state index contributed by atoms with van der Waals surface area (Å²) in [5, 5.41) is 2.87. The van der Waals surface area contributed by atoms with Crippen LogP contribution in [0.2, 0.25) is 0 Å². The van der Waals surface area contributed by atoms with Gasteiger partial charge in [0.05, 0.1) is 40.6 Å². The predicted octanol–water partition coefficient (Wildman–Crippen LogP) is 3.09. The van der Waals surface area contributed by atoms with Crippen molar-refractivity contribution >= 4 is 44.4 Å². The minimum atomic E-state index is -3.66. The Balaban J connectivity index is 1.53. The molecule has 1 aliphatic heterocycles. The average molecular weight is 497 g/mol. The van der Waals surface area contributed by atoms with Crippen LogP contribution in [-0.2, 0) is 26.1 Å². The van der Waals surface area contributed by atoms with E-state index in [-0.39, 0.29) is 16.3 Å². The van der Waals surface area contributed by atoms with Crippen molar-refractivity contribution in [1.82, 2.24) is 13.9 Å². The number of thioether (sulfide) groups is 1. The number of hydrogen-bond acceptors (Lipinski definition) is 6. The number of aryl methyl sites for hydroxylation is 1. The molecule has 1 N–H and O–H groups in total. The van der Waals surface area contributed by atoms with Gasteiger partial charge in [0.25, 0.3) is 0 Å². The monoisotopic (exact) mass is 496 g/mol. The molecule has 0 radical (unpaired) electrons. The summed E-state index contributed by atoms with van der Waals surface area (Å²) in [5.41, 5.74) is 0.991. The molecule has 1 saturated heterocycles. The lowest BCUT2D eigenvalue weighted by Crippen LogP contribution is -2.40. The minimum absolute atomic E-state index is 0.0851. The lowest BCUT2D eigenvalue weighted by molar-refractivity contribution is -0.113. The lowest BCUT2D eigenvalue weighted by Gasteiger charge is -2.26. The highest BCUT2D eigenvalue weighted by atomic mass is 32.2. The lowest BCUT2D eigenvalue weighted by atomic mass is 10.3. The summed E-state index contributed by atoms with van der Waals surface area (Å²) in [6.07, 6.45) is 0. The molecule has 0 unspecified atom stereocenters. The number of imidazole rings is 1. The number of carbonyl (C=O) groups is 1. The van der Waals surface area contributed by atoms with Gasteiger partial charge in [-0.05, 0) is 37.3 Å². The van der Waals surface area contributed by atoms with E-state index in [1.807, 2.05) is 11.5 Å². The van der Waals surface area contributed by atoms with Crippen molar-refractivity contribution in [3.8, 4) is 0 Å². The van der Waals surface area contributed by atoms with Crippen molar-refractivity contribution in [3.63, 3.8) is 0 Å². The zero-order chi connectivity index (χ0) is 23.6. The van der Waals surface area contributed by atoms with Crippen LogP contribution in [0.25, 0.3) is 11.0 Å². The van der Waals surface area contributed by atoms with Gasteiger partial charge in [-0.15, -0.1) is 0 Å². The molecule has 0 atom stereocenters. The molecule has 33 heavy (non-hydrogen) atoms. The van der Waals surface area contributed by atoms with Gasteiger partial charge in [0.1, 0.15) is 11.6 Å². The number of sulfonamides is 1. The molecule has 12 heteroatoms. The third kappa shape index (κ3) is 5.03. The Labute approximate surface area is 194 Å². The van der Waals surface area contributed by atoms with Crippen LogP contribution >= 0.6 is 11.8 Å². The topological polar surface area (TPSA) is 93.5 Å². The number of rotatable bonds is 7. The van der Waals surface area contributed by atoms with Crippen molar-refractivity contribution in [3.05, 3.63) is 48.0 Å². The molecule has 0 aliphatic carbocycles. The number of benzene rings is 2. The first kappa shape index (κ1) is 23.6. The van der Waals surface area contributed by atoms with E-state index in [9.17, 15) is 22.0 Å². The Morgan fingerprint density at radius 3 is 2.67 bits per heavy atom. The van der Waals surface area contributed by atoms with E-state index in [2.05, 4.69) is 10.3 Å². The fourth-order valence-electron chi connectivity index (χ4n) is 3.51. The summed E-state index contributed by atoms with van der Waals surface area (Å²) >= 11 is 1.12. The zero-order valence-electron chi connectivity index (χ0n) is 17.8. The van der Waals surface area contributed by atoms with Crippen LogP contribution in [0.3, 0.4) is 0 Å². The third-order valence-electron chi connectivity index (χ3n) is 5.14. The molecule has 176 valence electrons. The number of hydrogen-bond donors (Lipinski definition) is 1. The Morgan fingerprint density at radius 1 is 1.18 bits per heavy atom. The SMILES string of the molecule is CCn1c(SCC(=O)Nc2cc(F)ccc2F)nc2cc(S(=O)(=O)N3CCOCC3)ccc21. The highest BCUT2D eigenvalue weighted by molar-refractivity contribution is 7.99. The fourth-order valence-corrected chi connectivity index (χ4v) is 5.82. The number of anilines is 1. The van der Waals surface area contributed by atoms with Crippen LogP contribution in [0.15, 0.2) is 46.5 Å². The molecular formula is C21H22F2N4O4S2. The van der Waals surface area contributed by atoms with E-state index >= 15 is 0 Å². The second-order valence-corrected chi connectivity index (χ2v) is 10.1. The second-order valence-electron chi connectivity index (χ2n) is 7.27. The van der Waals surface area contributed by atoms with Gasteiger partial charge in [0.2, 0.25) is 15.9 Å². The zero-order valence-corrected chi connectivity index (χ0v) is 19.4. The van der Waals surface area contributed by atoms with Gasteiger partial charge in [-0.3, -0.25) is 4.79 Å². The van der Waals surface area contributed by atoms with E-state index in [0.717, 1.165) is 35.5 Å². The average Bonchev–Trinajstić information content (AvgIpc) is 3.17. The van der Waals surface area contributed by atoms with Gasteiger partial charge in [-0.1, -0.05) is 11.8 Å². The number of nitrogens with one attached hydrogen (secondary N) is 1. The highest BCUT2D eigenvalue weighted by Crippen LogP contribution is 2.28. The number of aromatic nitrogens is 2. The van der Waals surface area contributed by atoms with Gasteiger partial charge in [-0.2, -0.15) is 4.31 Å². The number of nitrogens with zero attached hydrogens (tertiary/aromatic N) is 3. The molecular weight excluding hydrogens is 474 g/mol. The van der Waals surface area contributed by atoms with Gasteiger partial charge < -0.3 is 14.6 Å². The largest absolute Gasteiger partial charge is 0.379 e. The third-order valence-corrected chi connectivity index (χ3v) is 8.01. The quantitative estimate of drug-likeness (QED) is 0.506. The summed E-state index contributed by atoms with van der Waals surface area (Å²) in [6, 6.07) is 7.60. The second kappa shape index (κ2) is 9.75. The highest BCUT2D eigenvalue weighted by Gasteiger charge is 2.27. The van der Waals surface area contributed by atoms with E-state index in [0.29, 0.717) is 43.5 Å². The summed E-state index contributed by atoms with van der Waals surface area (Å²) in [6.45, 7) is 3.76. The Kier molecular flexibility index (Phi) is 6.98. The van der Waals surface area contributed by atoms with E-state index in [1.165, 1.54) is 10.4 Å². The molecule has 2 heterocycles. The number of carbonyl (C=O) groups excluding carboxylic acids is 1. The van der Waals surface area contributed by atoms with Crippen molar-refractivity contribution in [1.29, 1.82) is 0 Å². The van der Waals surface area contributed by atoms with E-state index in [4.69, 9.17) is 4.74 Å². The molecule has 0 bridgehead atoms.